The maximum Gasteiger partial charge on any atom is 0.0251 e. The molecule has 1 saturated carbocycles. The molecule has 3 atom stereocenters. The lowest BCUT2D eigenvalue weighted by molar-refractivity contribution is 0.0914. The highest BCUT2D eigenvalue weighted by molar-refractivity contribution is 4.91. The van der Waals surface area contributed by atoms with E-state index in [9.17, 15) is 0 Å². The Morgan fingerprint density at radius 3 is 2.10 bits per heavy atom. The lowest BCUT2D eigenvalue weighted by Crippen LogP contribution is -2.53. The Morgan fingerprint density at radius 1 is 0.905 bits per heavy atom. The highest BCUT2D eigenvalue weighted by atomic mass is 15.2. The van der Waals surface area contributed by atoms with E-state index < -0.39 is 0 Å². The van der Waals surface area contributed by atoms with E-state index in [1.807, 2.05) is 0 Å². The summed E-state index contributed by atoms with van der Waals surface area (Å²) < 4.78 is 0. The molecule has 0 radical (unpaired) electrons. The minimum Gasteiger partial charge on any atom is -0.313 e. The fourth-order valence-corrected chi connectivity index (χ4v) is 3.97. The molecule has 1 aliphatic rings. The van der Waals surface area contributed by atoms with Gasteiger partial charge in [0, 0.05) is 12.1 Å². The van der Waals surface area contributed by atoms with Gasteiger partial charge < -0.3 is 5.32 Å². The second-order valence-electron chi connectivity index (χ2n) is 6.94. The third-order valence-electron chi connectivity index (χ3n) is 5.16. The Hall–Kier alpha value is -0.0800. The molecule has 0 saturated heterocycles. The van der Waals surface area contributed by atoms with Crippen LogP contribution >= 0.6 is 0 Å². The molecule has 1 fully saturated rings. The molecular formula is C19H40N2. The van der Waals surface area contributed by atoms with Gasteiger partial charge in [-0.25, -0.2) is 0 Å². The first kappa shape index (κ1) is 19.0. The molecule has 0 amide bonds. The average molecular weight is 297 g/mol. The van der Waals surface area contributed by atoms with Gasteiger partial charge in [0.05, 0.1) is 0 Å². The van der Waals surface area contributed by atoms with Gasteiger partial charge in [-0.15, -0.1) is 0 Å². The lowest BCUT2D eigenvalue weighted by Gasteiger charge is -2.43. The van der Waals surface area contributed by atoms with Crippen LogP contribution in [0.2, 0.25) is 0 Å². The summed E-state index contributed by atoms with van der Waals surface area (Å²) in [5, 5.41) is 3.79. The van der Waals surface area contributed by atoms with Gasteiger partial charge in [0.1, 0.15) is 0 Å². The zero-order valence-corrected chi connectivity index (χ0v) is 15.2. The van der Waals surface area contributed by atoms with Gasteiger partial charge in [0.25, 0.3) is 0 Å². The Morgan fingerprint density at radius 2 is 1.57 bits per heavy atom. The minimum atomic E-state index is 0.733. The topological polar surface area (TPSA) is 15.3 Å². The van der Waals surface area contributed by atoms with Crippen LogP contribution in [-0.2, 0) is 0 Å². The van der Waals surface area contributed by atoms with Crippen LogP contribution < -0.4 is 5.32 Å². The fourth-order valence-electron chi connectivity index (χ4n) is 3.97. The van der Waals surface area contributed by atoms with Crippen LogP contribution in [-0.4, -0.2) is 36.6 Å². The largest absolute Gasteiger partial charge is 0.313 e. The van der Waals surface area contributed by atoms with Crippen molar-refractivity contribution in [1.82, 2.24) is 10.2 Å². The van der Waals surface area contributed by atoms with Crippen LogP contribution in [0.4, 0.5) is 0 Å². The second kappa shape index (κ2) is 11.5. The summed E-state index contributed by atoms with van der Waals surface area (Å²) in [6.07, 6.45) is 12.4. The van der Waals surface area contributed by atoms with Crippen LogP contribution in [0, 0.1) is 5.92 Å². The number of likely N-dealkylation sites (N-methyl/N-ethyl adjacent to an activating group) is 1. The maximum atomic E-state index is 3.79. The average Bonchev–Trinajstić information content (AvgIpc) is 2.50. The smallest absolute Gasteiger partial charge is 0.0251 e. The molecular weight excluding hydrogens is 256 g/mol. The van der Waals surface area contributed by atoms with E-state index in [0.717, 1.165) is 24.5 Å². The molecule has 1 aliphatic carbocycles. The van der Waals surface area contributed by atoms with E-state index in [2.05, 4.69) is 37.9 Å². The normalized spacial score (nSPS) is 26.4. The Labute approximate surface area is 134 Å². The molecule has 1 rings (SSSR count). The molecule has 0 bridgehead atoms. The summed E-state index contributed by atoms with van der Waals surface area (Å²) >= 11 is 0. The van der Waals surface area contributed by atoms with E-state index in [1.165, 1.54) is 70.9 Å². The van der Waals surface area contributed by atoms with Crippen molar-refractivity contribution in [3.8, 4) is 0 Å². The van der Waals surface area contributed by atoms with Gasteiger partial charge in [0.2, 0.25) is 0 Å². The van der Waals surface area contributed by atoms with Crippen molar-refractivity contribution in [1.29, 1.82) is 0 Å². The number of hydrogen-bond donors (Lipinski definition) is 1. The summed E-state index contributed by atoms with van der Waals surface area (Å²) in [4.78, 5) is 2.84. The Bertz CT molecular complexity index is 234. The van der Waals surface area contributed by atoms with Crippen molar-refractivity contribution in [2.75, 3.05) is 19.6 Å². The molecule has 126 valence electrons. The third kappa shape index (κ3) is 6.69. The molecule has 0 aromatic rings. The van der Waals surface area contributed by atoms with Gasteiger partial charge in [-0.2, -0.15) is 0 Å². The molecule has 1 N–H and O–H groups in total. The van der Waals surface area contributed by atoms with E-state index in [-0.39, 0.29) is 0 Å². The van der Waals surface area contributed by atoms with Crippen LogP contribution in [0.15, 0.2) is 0 Å². The highest BCUT2D eigenvalue weighted by Gasteiger charge is 2.33. The molecule has 0 heterocycles. The quantitative estimate of drug-likeness (QED) is 0.587. The fraction of sp³-hybridized carbons (Fsp3) is 1.00. The summed E-state index contributed by atoms with van der Waals surface area (Å²) in [5.41, 5.74) is 0. The van der Waals surface area contributed by atoms with Crippen molar-refractivity contribution < 1.29 is 0 Å². The van der Waals surface area contributed by atoms with E-state index in [4.69, 9.17) is 0 Å². The second-order valence-corrected chi connectivity index (χ2v) is 6.94. The predicted molar refractivity (Wildman–Crippen MR) is 94.9 cm³/mol. The standard InChI is InChI=1S/C19H40N2/c1-5-9-14-21(15-10-6-2)19-16-17(11-7-3)12-13-18(19)20-8-4/h17-20H,5-16H2,1-4H3. The predicted octanol–water partition coefficient (Wildman–Crippen LogP) is 4.84. The zero-order valence-electron chi connectivity index (χ0n) is 15.2. The molecule has 0 aromatic heterocycles. The first-order valence-electron chi connectivity index (χ1n) is 9.74. The molecule has 3 unspecified atom stereocenters. The van der Waals surface area contributed by atoms with Gasteiger partial charge in [0.15, 0.2) is 0 Å². The summed E-state index contributed by atoms with van der Waals surface area (Å²) in [5.74, 6) is 0.973. The Balaban J connectivity index is 2.68. The minimum absolute atomic E-state index is 0.733. The van der Waals surface area contributed by atoms with Gasteiger partial charge >= 0.3 is 0 Å². The van der Waals surface area contributed by atoms with Crippen LogP contribution in [0.25, 0.3) is 0 Å². The van der Waals surface area contributed by atoms with Gasteiger partial charge in [-0.3, -0.25) is 4.90 Å². The van der Waals surface area contributed by atoms with Crippen molar-refractivity contribution in [3.05, 3.63) is 0 Å². The van der Waals surface area contributed by atoms with E-state index >= 15 is 0 Å². The molecule has 2 heteroatoms. The molecule has 0 aromatic carbocycles. The number of unbranched alkanes of at least 4 members (excludes halogenated alkanes) is 2. The van der Waals surface area contributed by atoms with Crippen molar-refractivity contribution in [2.45, 2.75) is 97.6 Å². The number of nitrogens with zero attached hydrogens (tertiary/aromatic N) is 1. The summed E-state index contributed by atoms with van der Waals surface area (Å²) in [6.45, 7) is 13.0. The lowest BCUT2D eigenvalue weighted by atomic mass is 9.79. The Kier molecular flexibility index (Phi) is 10.4. The SMILES string of the molecule is CCCCN(CCCC)C1CC(CCC)CCC1NCC. The first-order valence-corrected chi connectivity index (χ1v) is 9.74. The maximum absolute atomic E-state index is 3.79. The van der Waals surface area contributed by atoms with Crippen LogP contribution in [0.1, 0.15) is 85.5 Å². The molecule has 0 spiro atoms. The third-order valence-corrected chi connectivity index (χ3v) is 5.16. The summed E-state index contributed by atoms with van der Waals surface area (Å²) in [6, 6.07) is 1.52. The van der Waals surface area contributed by atoms with Gasteiger partial charge in [-0.1, -0.05) is 53.4 Å². The summed E-state index contributed by atoms with van der Waals surface area (Å²) in [7, 11) is 0. The number of rotatable bonds is 11. The highest BCUT2D eigenvalue weighted by Crippen LogP contribution is 2.31. The molecule has 21 heavy (non-hydrogen) atoms. The van der Waals surface area contributed by atoms with Crippen molar-refractivity contribution in [2.24, 2.45) is 5.92 Å². The monoisotopic (exact) mass is 296 g/mol. The van der Waals surface area contributed by atoms with Crippen molar-refractivity contribution >= 4 is 0 Å². The van der Waals surface area contributed by atoms with Gasteiger partial charge in [-0.05, 0) is 57.7 Å². The number of nitrogens with one attached hydrogen (secondary N) is 1. The number of hydrogen-bond acceptors (Lipinski definition) is 2. The van der Waals surface area contributed by atoms with Crippen LogP contribution in [0.3, 0.4) is 0 Å². The molecule has 0 aliphatic heterocycles. The van der Waals surface area contributed by atoms with Crippen LogP contribution in [0.5, 0.6) is 0 Å². The molecule has 2 nitrogen and oxygen atoms in total. The first-order chi connectivity index (χ1) is 10.3. The van der Waals surface area contributed by atoms with E-state index in [1.54, 1.807) is 0 Å². The zero-order chi connectivity index (χ0) is 15.5. The van der Waals surface area contributed by atoms with Crippen molar-refractivity contribution in [3.63, 3.8) is 0 Å². The van der Waals surface area contributed by atoms with E-state index in [0.29, 0.717) is 0 Å².